The largest absolute Gasteiger partial charge is 0.313 e. The summed E-state index contributed by atoms with van der Waals surface area (Å²) >= 11 is 6.18. The second kappa shape index (κ2) is 7.09. The minimum atomic E-state index is -3.46. The predicted molar refractivity (Wildman–Crippen MR) is 85.9 cm³/mol. The molecule has 1 saturated carbocycles. The fourth-order valence-electron chi connectivity index (χ4n) is 2.22. The number of nitrogens with one attached hydrogen (secondary N) is 2. The third kappa shape index (κ3) is 4.68. The summed E-state index contributed by atoms with van der Waals surface area (Å²) in [4.78, 5) is 0.236. The normalized spacial score (nSPS) is 21.5. The van der Waals surface area contributed by atoms with Gasteiger partial charge in [0.05, 0.1) is 4.90 Å². The number of rotatable bonds is 8. The van der Waals surface area contributed by atoms with Gasteiger partial charge < -0.3 is 5.32 Å². The van der Waals surface area contributed by atoms with E-state index in [2.05, 4.69) is 23.9 Å². The van der Waals surface area contributed by atoms with E-state index in [1.165, 1.54) is 6.07 Å². The molecule has 2 atom stereocenters. The maximum Gasteiger partial charge on any atom is 0.240 e. The van der Waals surface area contributed by atoms with E-state index in [4.69, 9.17) is 11.6 Å². The Bertz CT molecular complexity index is 589. The summed E-state index contributed by atoms with van der Waals surface area (Å²) < 4.78 is 27.1. The lowest BCUT2D eigenvalue weighted by molar-refractivity contribution is 0.574. The Morgan fingerprint density at radius 3 is 2.67 bits per heavy atom. The Hall–Kier alpha value is -0.620. The van der Waals surface area contributed by atoms with Crippen molar-refractivity contribution in [3.8, 4) is 0 Å². The second-order valence-corrected chi connectivity index (χ2v) is 7.93. The highest BCUT2D eigenvalue weighted by atomic mass is 35.5. The molecule has 118 valence electrons. The van der Waals surface area contributed by atoms with Crippen molar-refractivity contribution in [2.24, 2.45) is 11.8 Å². The van der Waals surface area contributed by atoms with Crippen LogP contribution >= 0.6 is 11.6 Å². The predicted octanol–water partition coefficient (Wildman–Crippen LogP) is 2.77. The molecule has 1 fully saturated rings. The summed E-state index contributed by atoms with van der Waals surface area (Å²) in [7, 11) is -3.46. The molecule has 0 spiro atoms. The fraction of sp³-hybridized carbons (Fsp3) is 0.600. The van der Waals surface area contributed by atoms with Gasteiger partial charge >= 0.3 is 0 Å². The summed E-state index contributed by atoms with van der Waals surface area (Å²) in [6.45, 7) is 6.31. The molecule has 0 radical (unpaired) electrons. The van der Waals surface area contributed by atoms with Gasteiger partial charge in [0.15, 0.2) is 0 Å². The molecule has 1 aliphatic rings. The molecule has 6 heteroatoms. The van der Waals surface area contributed by atoms with Crippen molar-refractivity contribution < 1.29 is 8.42 Å². The number of sulfonamides is 1. The van der Waals surface area contributed by atoms with Gasteiger partial charge in [-0.15, -0.1) is 0 Å². The fourth-order valence-corrected chi connectivity index (χ4v) is 3.65. The SMILES string of the molecule is CCCNCc1ccc(S(=O)(=O)NCC2CC2C)cc1Cl. The van der Waals surface area contributed by atoms with Crippen LogP contribution in [0.1, 0.15) is 32.3 Å². The van der Waals surface area contributed by atoms with Gasteiger partial charge in [-0.3, -0.25) is 0 Å². The molecule has 1 aliphatic carbocycles. The maximum absolute atomic E-state index is 12.2. The molecule has 0 aliphatic heterocycles. The van der Waals surface area contributed by atoms with Crippen LogP contribution in [0.3, 0.4) is 0 Å². The van der Waals surface area contributed by atoms with Gasteiger partial charge in [0.2, 0.25) is 10.0 Å². The van der Waals surface area contributed by atoms with Crippen LogP contribution < -0.4 is 10.0 Å². The number of halogens is 1. The van der Waals surface area contributed by atoms with Gasteiger partial charge in [-0.1, -0.05) is 31.5 Å². The first-order chi connectivity index (χ1) is 9.94. The number of benzene rings is 1. The molecule has 1 aromatic rings. The van der Waals surface area contributed by atoms with Crippen molar-refractivity contribution in [3.63, 3.8) is 0 Å². The second-order valence-electron chi connectivity index (χ2n) is 5.75. The maximum atomic E-state index is 12.2. The van der Waals surface area contributed by atoms with Crippen LogP contribution in [-0.4, -0.2) is 21.5 Å². The molecule has 0 heterocycles. The van der Waals surface area contributed by atoms with Crippen molar-refractivity contribution >= 4 is 21.6 Å². The lowest BCUT2D eigenvalue weighted by atomic mass is 10.2. The molecule has 21 heavy (non-hydrogen) atoms. The molecule has 2 unspecified atom stereocenters. The van der Waals surface area contributed by atoms with Gasteiger partial charge in [-0.2, -0.15) is 0 Å². The lowest BCUT2D eigenvalue weighted by Crippen LogP contribution is -2.26. The highest BCUT2D eigenvalue weighted by molar-refractivity contribution is 7.89. The van der Waals surface area contributed by atoms with Crippen LogP contribution in [-0.2, 0) is 16.6 Å². The molecule has 0 amide bonds. The van der Waals surface area contributed by atoms with Crippen LogP contribution in [0.25, 0.3) is 0 Å². The van der Waals surface area contributed by atoms with Crippen LogP contribution in [0.2, 0.25) is 5.02 Å². The third-order valence-corrected chi connectivity index (χ3v) is 5.66. The highest BCUT2D eigenvalue weighted by Crippen LogP contribution is 2.37. The number of hydrogen-bond acceptors (Lipinski definition) is 3. The van der Waals surface area contributed by atoms with E-state index in [9.17, 15) is 8.42 Å². The van der Waals surface area contributed by atoms with Crippen LogP contribution in [0.4, 0.5) is 0 Å². The van der Waals surface area contributed by atoms with E-state index in [-0.39, 0.29) is 4.90 Å². The van der Waals surface area contributed by atoms with Crippen molar-refractivity contribution in [2.75, 3.05) is 13.1 Å². The zero-order valence-corrected chi connectivity index (χ0v) is 14.1. The summed E-state index contributed by atoms with van der Waals surface area (Å²) in [6, 6.07) is 4.93. The molecule has 1 aromatic carbocycles. The molecular formula is C15H23ClN2O2S. The van der Waals surface area contributed by atoms with Gasteiger partial charge in [0.25, 0.3) is 0 Å². The van der Waals surface area contributed by atoms with Gasteiger partial charge in [-0.25, -0.2) is 13.1 Å². The van der Waals surface area contributed by atoms with Crippen LogP contribution in [0, 0.1) is 11.8 Å². The van der Waals surface area contributed by atoms with Gasteiger partial charge in [-0.05, 0) is 48.9 Å². The van der Waals surface area contributed by atoms with Crippen molar-refractivity contribution in [3.05, 3.63) is 28.8 Å². The average Bonchev–Trinajstić information content (AvgIpc) is 3.14. The topological polar surface area (TPSA) is 58.2 Å². The minimum absolute atomic E-state index is 0.236. The molecular weight excluding hydrogens is 308 g/mol. The molecule has 0 aromatic heterocycles. The molecule has 2 rings (SSSR count). The Morgan fingerprint density at radius 2 is 2.10 bits per heavy atom. The van der Waals surface area contributed by atoms with Crippen molar-refractivity contribution in [1.82, 2.24) is 10.0 Å². The number of hydrogen-bond donors (Lipinski definition) is 2. The summed E-state index contributed by atoms with van der Waals surface area (Å²) in [6.07, 6.45) is 2.15. The van der Waals surface area contributed by atoms with E-state index in [0.717, 1.165) is 24.9 Å². The Balaban J connectivity index is 2.00. The molecule has 0 saturated heterocycles. The van der Waals surface area contributed by atoms with E-state index >= 15 is 0 Å². The monoisotopic (exact) mass is 330 g/mol. The first-order valence-electron chi connectivity index (χ1n) is 7.43. The Labute approximate surface area is 132 Å². The van der Waals surface area contributed by atoms with E-state index in [0.29, 0.717) is 29.9 Å². The smallest absolute Gasteiger partial charge is 0.240 e. The summed E-state index contributed by atoms with van der Waals surface area (Å²) in [5.41, 5.74) is 0.917. The van der Waals surface area contributed by atoms with Gasteiger partial charge in [0.1, 0.15) is 0 Å². The zero-order chi connectivity index (χ0) is 15.5. The van der Waals surface area contributed by atoms with E-state index < -0.39 is 10.0 Å². The first kappa shape index (κ1) is 16.7. The lowest BCUT2D eigenvalue weighted by Gasteiger charge is -2.10. The third-order valence-electron chi connectivity index (χ3n) is 3.89. The summed E-state index contributed by atoms with van der Waals surface area (Å²) in [5, 5.41) is 3.74. The highest BCUT2D eigenvalue weighted by Gasteiger charge is 2.33. The molecule has 2 N–H and O–H groups in total. The zero-order valence-electron chi connectivity index (χ0n) is 12.5. The van der Waals surface area contributed by atoms with Gasteiger partial charge in [0, 0.05) is 18.1 Å². The van der Waals surface area contributed by atoms with Crippen molar-refractivity contribution in [1.29, 1.82) is 0 Å². The Morgan fingerprint density at radius 1 is 1.38 bits per heavy atom. The standard InChI is InChI=1S/C15H23ClN2O2S/c1-3-6-17-9-12-4-5-14(8-15(12)16)21(19,20)18-10-13-7-11(13)2/h4-5,8,11,13,17-18H,3,6-7,9-10H2,1-2H3. The molecule has 4 nitrogen and oxygen atoms in total. The average molecular weight is 331 g/mol. The first-order valence-corrected chi connectivity index (χ1v) is 9.29. The quantitative estimate of drug-likeness (QED) is 0.721. The minimum Gasteiger partial charge on any atom is -0.313 e. The summed E-state index contributed by atoms with van der Waals surface area (Å²) in [5.74, 6) is 1.11. The van der Waals surface area contributed by atoms with Crippen LogP contribution in [0.15, 0.2) is 23.1 Å². The van der Waals surface area contributed by atoms with Crippen molar-refractivity contribution in [2.45, 2.75) is 38.1 Å². The Kier molecular flexibility index (Phi) is 5.66. The molecule has 0 bridgehead atoms. The van der Waals surface area contributed by atoms with Crippen LogP contribution in [0.5, 0.6) is 0 Å². The van der Waals surface area contributed by atoms with E-state index in [1.807, 2.05) is 0 Å². The van der Waals surface area contributed by atoms with E-state index in [1.54, 1.807) is 12.1 Å².